The number of aromatic nitrogens is 5. The van der Waals surface area contributed by atoms with E-state index < -0.39 is 0 Å². The van der Waals surface area contributed by atoms with E-state index in [1.807, 2.05) is 36.4 Å². The maximum atomic E-state index is 6.46. The van der Waals surface area contributed by atoms with Gasteiger partial charge in [0.2, 0.25) is 0 Å². The highest BCUT2D eigenvalue weighted by molar-refractivity contribution is 6.15. The first-order valence-electron chi connectivity index (χ1n) is 21.2. The molecule has 63 heavy (non-hydrogen) atoms. The molecule has 0 spiro atoms. The van der Waals surface area contributed by atoms with Crippen molar-refractivity contribution in [1.29, 1.82) is 0 Å². The fourth-order valence-corrected chi connectivity index (χ4v) is 9.47. The van der Waals surface area contributed by atoms with Crippen molar-refractivity contribution in [2.45, 2.75) is 0 Å². The first-order valence-corrected chi connectivity index (χ1v) is 21.2. The summed E-state index contributed by atoms with van der Waals surface area (Å²) in [4.78, 5) is 15.4. The van der Waals surface area contributed by atoms with Crippen molar-refractivity contribution in [2.75, 3.05) is 0 Å². The predicted octanol–water partition coefficient (Wildman–Crippen LogP) is 14.6. The molecule has 0 aliphatic carbocycles. The number of hydrogen-bond acceptors (Lipinski definition) is 4. The summed E-state index contributed by atoms with van der Waals surface area (Å²) in [6.07, 6.45) is 0. The van der Waals surface area contributed by atoms with Crippen molar-refractivity contribution in [3.63, 3.8) is 0 Å². The lowest BCUT2D eigenvalue weighted by atomic mass is 10.0. The van der Waals surface area contributed by atoms with Crippen LogP contribution in [0.25, 0.3) is 122 Å². The maximum absolute atomic E-state index is 6.46. The molecule has 0 unspecified atom stereocenters. The van der Waals surface area contributed by atoms with E-state index >= 15 is 0 Å². The van der Waals surface area contributed by atoms with Crippen molar-refractivity contribution in [3.05, 3.63) is 212 Å². The van der Waals surface area contributed by atoms with Gasteiger partial charge in [0, 0.05) is 54.7 Å². The molecule has 0 saturated heterocycles. The number of rotatable bonds is 6. The van der Waals surface area contributed by atoms with Gasteiger partial charge in [0.05, 0.1) is 27.8 Å². The molecule has 0 aliphatic heterocycles. The van der Waals surface area contributed by atoms with Crippen molar-refractivity contribution in [1.82, 2.24) is 24.1 Å². The Morgan fingerprint density at radius 3 is 1.59 bits per heavy atom. The molecule has 4 aromatic heterocycles. The Labute approximate surface area is 361 Å². The van der Waals surface area contributed by atoms with Gasteiger partial charge in [-0.2, -0.15) is 0 Å². The van der Waals surface area contributed by atoms with Crippen LogP contribution < -0.4 is 0 Å². The molecule has 0 radical (unpaired) electrons. The topological polar surface area (TPSA) is 61.7 Å². The van der Waals surface area contributed by atoms with Crippen molar-refractivity contribution >= 4 is 65.6 Å². The molecule has 6 nitrogen and oxygen atoms in total. The quantitative estimate of drug-likeness (QED) is 0.168. The number of hydrogen-bond donors (Lipinski definition) is 0. The molecule has 0 N–H and O–H groups in total. The Morgan fingerprint density at radius 1 is 0.302 bits per heavy atom. The minimum atomic E-state index is 0.578. The monoisotopic (exact) mass is 805 g/mol. The third-order valence-electron chi connectivity index (χ3n) is 12.4. The van der Waals surface area contributed by atoms with E-state index in [2.05, 4.69) is 185 Å². The third kappa shape index (κ3) is 5.62. The zero-order valence-electron chi connectivity index (χ0n) is 33.9. The summed E-state index contributed by atoms with van der Waals surface area (Å²) in [5.74, 6) is 1.78. The molecule has 4 heterocycles. The van der Waals surface area contributed by atoms with Gasteiger partial charge in [-0.1, -0.05) is 140 Å². The molecule has 0 bridgehead atoms. The number of furan rings is 1. The molecule has 0 atom stereocenters. The highest BCUT2D eigenvalue weighted by Crippen LogP contribution is 2.41. The number of fused-ring (bicyclic) bond motifs is 9. The normalized spacial score (nSPS) is 11.8. The summed E-state index contributed by atoms with van der Waals surface area (Å²) in [5, 5.41) is 6.81. The second-order valence-corrected chi connectivity index (χ2v) is 16.0. The molecule has 13 aromatic rings. The lowest BCUT2D eigenvalue weighted by molar-refractivity contribution is 0.669. The summed E-state index contributed by atoms with van der Waals surface area (Å²) in [7, 11) is 0. The molecular formula is C57H35N5O. The predicted molar refractivity (Wildman–Crippen MR) is 258 cm³/mol. The second kappa shape index (κ2) is 14.0. The lowest BCUT2D eigenvalue weighted by Gasteiger charge is -2.14. The lowest BCUT2D eigenvalue weighted by Crippen LogP contribution is -2.01. The molecule has 0 saturated carbocycles. The van der Waals surface area contributed by atoms with Crippen LogP contribution in [0.3, 0.4) is 0 Å². The van der Waals surface area contributed by atoms with Crippen molar-refractivity contribution in [2.24, 2.45) is 0 Å². The van der Waals surface area contributed by atoms with E-state index in [1.54, 1.807) is 0 Å². The Hall–Kier alpha value is -8.61. The standard InChI is InChI=1S/C57H35N5O/c1-4-15-36(16-5-1)38-29-32-52-47(33-38)44-30-27-40(35-53(44)63-52)57-59-55(37-17-6-2-7-18-37)58-56(60-57)39-28-31-50-46(34-39)43-22-11-13-25-49(43)62(50)51-26-14-23-45-42-21-10-12-24-48(42)61(54(45)51)41-19-8-3-9-20-41/h1-35H. The Bertz CT molecular complexity index is 3900. The Balaban J connectivity index is 0.990. The van der Waals surface area contributed by atoms with Crippen molar-refractivity contribution < 1.29 is 4.42 Å². The van der Waals surface area contributed by atoms with Gasteiger partial charge in [-0.05, 0) is 83.9 Å². The smallest absolute Gasteiger partial charge is 0.164 e. The molecule has 0 aliphatic rings. The molecule has 294 valence electrons. The minimum absolute atomic E-state index is 0.578. The van der Waals surface area contributed by atoms with E-state index in [-0.39, 0.29) is 0 Å². The van der Waals surface area contributed by atoms with Crippen LogP contribution in [0.15, 0.2) is 217 Å². The van der Waals surface area contributed by atoms with Gasteiger partial charge in [0.25, 0.3) is 0 Å². The van der Waals surface area contributed by atoms with Gasteiger partial charge in [-0.3, -0.25) is 0 Å². The van der Waals surface area contributed by atoms with E-state index in [4.69, 9.17) is 19.4 Å². The maximum Gasteiger partial charge on any atom is 0.164 e. The van der Waals surface area contributed by atoms with Crippen LogP contribution in [0, 0.1) is 0 Å². The van der Waals surface area contributed by atoms with Crippen LogP contribution in [0.5, 0.6) is 0 Å². The Morgan fingerprint density at radius 2 is 0.841 bits per heavy atom. The zero-order chi connectivity index (χ0) is 41.4. The molecule has 6 heteroatoms. The zero-order valence-corrected chi connectivity index (χ0v) is 33.9. The highest BCUT2D eigenvalue weighted by Gasteiger charge is 2.21. The average molecular weight is 806 g/mol. The summed E-state index contributed by atoms with van der Waals surface area (Å²) >= 11 is 0. The number of nitrogens with zero attached hydrogens (tertiary/aromatic N) is 5. The van der Waals surface area contributed by atoms with Crippen LogP contribution in [0.1, 0.15) is 0 Å². The van der Waals surface area contributed by atoms with Crippen LogP contribution in [-0.2, 0) is 0 Å². The van der Waals surface area contributed by atoms with Gasteiger partial charge in [0.1, 0.15) is 11.2 Å². The van der Waals surface area contributed by atoms with Gasteiger partial charge in [0.15, 0.2) is 17.5 Å². The average Bonchev–Trinajstić information content (AvgIpc) is 4.01. The summed E-state index contributed by atoms with van der Waals surface area (Å²) < 4.78 is 11.3. The largest absolute Gasteiger partial charge is 0.456 e. The SMILES string of the molecule is c1ccc(-c2ccc3oc4cc(-c5nc(-c6ccccc6)nc(-c6ccc7c(c6)c6ccccc6n7-c6cccc7c8ccccc8n(-c8ccccc8)c67)n5)ccc4c3c2)cc1. The fourth-order valence-electron chi connectivity index (χ4n) is 9.47. The van der Waals surface area contributed by atoms with Crippen LogP contribution >= 0.6 is 0 Å². The first-order chi connectivity index (χ1) is 31.2. The highest BCUT2D eigenvalue weighted by atomic mass is 16.3. The molecule has 13 rings (SSSR count). The van der Waals surface area contributed by atoms with E-state index in [0.29, 0.717) is 17.5 Å². The summed E-state index contributed by atoms with van der Waals surface area (Å²) in [6.45, 7) is 0. The first kappa shape index (κ1) is 35.2. The molecule has 0 fully saturated rings. The van der Waals surface area contributed by atoms with E-state index in [1.165, 1.54) is 21.9 Å². The fraction of sp³-hybridized carbons (Fsp3) is 0. The Kier molecular flexibility index (Phi) is 7.80. The summed E-state index contributed by atoms with van der Waals surface area (Å²) in [5.41, 5.74) is 13.4. The van der Waals surface area contributed by atoms with E-state index in [0.717, 1.165) is 82.9 Å². The van der Waals surface area contributed by atoms with Gasteiger partial charge in [-0.15, -0.1) is 0 Å². The number of benzene rings is 9. The van der Waals surface area contributed by atoms with E-state index in [9.17, 15) is 0 Å². The number of para-hydroxylation sites is 4. The van der Waals surface area contributed by atoms with Gasteiger partial charge >= 0.3 is 0 Å². The van der Waals surface area contributed by atoms with Crippen LogP contribution in [-0.4, -0.2) is 24.1 Å². The molecule has 0 amide bonds. The van der Waals surface area contributed by atoms with Crippen molar-refractivity contribution in [3.8, 4) is 56.7 Å². The van der Waals surface area contributed by atoms with Gasteiger partial charge in [-0.25, -0.2) is 15.0 Å². The summed E-state index contributed by atoms with van der Waals surface area (Å²) in [6, 6.07) is 74.5. The van der Waals surface area contributed by atoms with Crippen LogP contribution in [0.2, 0.25) is 0 Å². The second-order valence-electron chi connectivity index (χ2n) is 16.0. The van der Waals surface area contributed by atoms with Crippen LogP contribution in [0.4, 0.5) is 0 Å². The minimum Gasteiger partial charge on any atom is -0.456 e. The van der Waals surface area contributed by atoms with Gasteiger partial charge < -0.3 is 13.6 Å². The molecular weight excluding hydrogens is 771 g/mol. The third-order valence-corrected chi connectivity index (χ3v) is 12.4. The molecule has 9 aromatic carbocycles.